The van der Waals surface area contributed by atoms with Crippen LogP contribution in [0.4, 0.5) is 0 Å². The molecule has 1 atom stereocenters. The Morgan fingerprint density at radius 2 is 1.72 bits per heavy atom. The molecule has 2 aromatic rings. The van der Waals surface area contributed by atoms with Crippen molar-refractivity contribution in [2.24, 2.45) is 5.92 Å². The van der Waals surface area contributed by atoms with E-state index in [9.17, 15) is 4.79 Å². The predicted octanol–water partition coefficient (Wildman–Crippen LogP) is 0.133. The van der Waals surface area contributed by atoms with E-state index >= 15 is 0 Å². The molecule has 1 N–H and O–H groups in total. The van der Waals surface area contributed by atoms with E-state index in [0.29, 0.717) is 0 Å². The minimum atomic E-state index is -0.393. The first-order valence-electron chi connectivity index (χ1n) is 8.04. The molecule has 0 saturated heterocycles. The van der Waals surface area contributed by atoms with Gasteiger partial charge in [-0.3, -0.25) is 0 Å². The average Bonchev–Trinajstić information content (AvgIpc) is 2.97. The van der Waals surface area contributed by atoms with Gasteiger partial charge in [0.05, 0.1) is 5.91 Å². The molecule has 0 aliphatic carbocycles. The molecule has 0 bridgehead atoms. The number of nitrogens with one attached hydrogen (secondary N) is 1. The van der Waals surface area contributed by atoms with Gasteiger partial charge >= 0.3 is 26.2 Å². The van der Waals surface area contributed by atoms with Gasteiger partial charge in [0.15, 0.2) is 0 Å². The fourth-order valence-electron chi connectivity index (χ4n) is 2.04. The van der Waals surface area contributed by atoms with Crippen LogP contribution in [0, 0.1) is 5.92 Å². The van der Waals surface area contributed by atoms with Gasteiger partial charge in [0.2, 0.25) is 0 Å². The number of amides is 1. The normalized spacial score (nSPS) is 9.60. The van der Waals surface area contributed by atoms with E-state index in [1.165, 1.54) is 10.8 Å². The minimum absolute atomic E-state index is 0. The molecule has 0 aliphatic heterocycles. The number of unbranched alkanes of at least 4 members (excludes halogenated alkanes) is 1. The number of benzene rings is 1. The first-order chi connectivity index (χ1) is 10.6. The van der Waals surface area contributed by atoms with Crippen LogP contribution in [0.25, 0.3) is 16.5 Å². The van der Waals surface area contributed by atoms with Gasteiger partial charge in [-0.2, -0.15) is 17.5 Å². The molecular formula is C19H29Cl2NOSiZr. The average molecular weight is 478 g/mol. The third kappa shape index (κ3) is 15.9. The van der Waals surface area contributed by atoms with Crippen LogP contribution >= 0.6 is 0 Å². The molecular weight excluding hydrogens is 448 g/mol. The van der Waals surface area contributed by atoms with Gasteiger partial charge < -0.3 is 35.3 Å². The van der Waals surface area contributed by atoms with Crippen LogP contribution in [-0.4, -0.2) is 15.4 Å². The molecule has 2 radical (unpaired) electrons. The maximum absolute atomic E-state index is 10.5. The Balaban J connectivity index is -0.000000138. The van der Waals surface area contributed by atoms with Gasteiger partial charge in [-0.15, -0.1) is 29.7 Å². The van der Waals surface area contributed by atoms with Crippen molar-refractivity contribution >= 4 is 26.2 Å². The third-order valence-electron chi connectivity index (χ3n) is 3.32. The number of carbonyl (C=O) groups excluding carboxylic acids is 1. The number of hydrogen-bond acceptors (Lipinski definition) is 1. The first-order valence-corrected chi connectivity index (χ1v) is 10.0. The summed E-state index contributed by atoms with van der Waals surface area (Å²) in [5, 5.41) is 2.66. The molecule has 2 rings (SSSR count). The Morgan fingerprint density at radius 3 is 2.16 bits per heavy atom. The smallest absolute Gasteiger partial charge is 1.00 e. The third-order valence-corrected chi connectivity index (χ3v) is 3.32. The second-order valence-corrected chi connectivity index (χ2v) is 6.27. The maximum Gasteiger partial charge on any atom is 4.00 e. The molecule has 0 spiro atoms. The summed E-state index contributed by atoms with van der Waals surface area (Å²) in [6.07, 6.45) is 3.91. The van der Waals surface area contributed by atoms with Gasteiger partial charge in [0.25, 0.3) is 0 Å². The molecule has 0 aromatic heterocycles. The Hall–Kier alpha value is -0.0200. The molecule has 0 saturated carbocycles. The van der Waals surface area contributed by atoms with E-state index in [0.717, 1.165) is 35.2 Å². The Kier molecular flexibility index (Phi) is 28.7. The zero-order valence-electron chi connectivity index (χ0n) is 15.6. The molecule has 1 unspecified atom stereocenters. The van der Waals surface area contributed by atoms with Crippen molar-refractivity contribution in [1.29, 1.82) is 0 Å². The summed E-state index contributed by atoms with van der Waals surface area (Å²) in [6.45, 7) is 8.37. The molecule has 138 valence electrons. The van der Waals surface area contributed by atoms with Crippen LogP contribution < -0.4 is 24.8 Å². The second-order valence-electron chi connectivity index (χ2n) is 5.27. The molecule has 0 aliphatic rings. The van der Waals surface area contributed by atoms with Gasteiger partial charge in [0, 0.05) is 9.52 Å². The molecule has 25 heavy (non-hydrogen) atoms. The Bertz CT molecular complexity index is 493. The van der Waals surface area contributed by atoms with Gasteiger partial charge in [-0.1, -0.05) is 45.8 Å². The first kappa shape index (κ1) is 32.6. The fourth-order valence-corrected chi connectivity index (χ4v) is 2.04. The van der Waals surface area contributed by atoms with Crippen molar-refractivity contribution in [3.05, 3.63) is 48.2 Å². The van der Waals surface area contributed by atoms with E-state index in [1.807, 2.05) is 6.92 Å². The van der Waals surface area contributed by atoms with Gasteiger partial charge in [-0.05, 0) is 18.8 Å². The van der Waals surface area contributed by atoms with E-state index in [4.69, 9.17) is 5.73 Å². The van der Waals surface area contributed by atoms with Crippen LogP contribution in [0.3, 0.4) is 0 Å². The van der Waals surface area contributed by atoms with Crippen molar-refractivity contribution in [2.75, 3.05) is 0 Å². The topological polar surface area (TPSA) is 40.9 Å². The predicted molar refractivity (Wildman–Crippen MR) is 99.7 cm³/mol. The summed E-state index contributed by atoms with van der Waals surface area (Å²) >= 11 is 0. The molecule has 2 aromatic carbocycles. The van der Waals surface area contributed by atoms with Crippen molar-refractivity contribution in [1.82, 2.24) is 0 Å². The van der Waals surface area contributed by atoms with Crippen molar-refractivity contribution in [2.45, 2.75) is 52.6 Å². The fraction of sp³-hybridized carbons (Fsp3) is 0.474. The standard InChI is InChI=1S/C9H7.C8H17NO.C2H6Si.2ClH.Zr/c1-2-5-9-7-3-6-8(9)4-1;1-3-5-6-7(4-2)8(9)10;1-3-2;;;/h1-7H;7H,3-6H2,1-2H3,(H2,9,10);1-2H3;2*1H;/q-1;;;;;+4/p-3. The summed E-state index contributed by atoms with van der Waals surface area (Å²) in [7, 11) is 1.08. The minimum Gasteiger partial charge on any atom is -1.00 e. The Morgan fingerprint density at radius 1 is 1.16 bits per heavy atom. The summed E-state index contributed by atoms with van der Waals surface area (Å²) in [4.78, 5) is 10.5. The largest absolute Gasteiger partial charge is 4.00 e. The van der Waals surface area contributed by atoms with Crippen LogP contribution in [0.1, 0.15) is 39.5 Å². The molecule has 2 nitrogen and oxygen atoms in total. The molecule has 6 heteroatoms. The van der Waals surface area contributed by atoms with Gasteiger partial charge in [0.1, 0.15) is 0 Å². The van der Waals surface area contributed by atoms with Crippen molar-refractivity contribution < 1.29 is 55.8 Å². The summed E-state index contributed by atoms with van der Waals surface area (Å²) in [6, 6.07) is 14.7. The number of rotatable bonds is 5. The van der Waals surface area contributed by atoms with E-state index in [1.54, 1.807) is 0 Å². The monoisotopic (exact) mass is 475 g/mol. The van der Waals surface area contributed by atoms with Crippen molar-refractivity contribution in [3.63, 3.8) is 0 Å². The van der Waals surface area contributed by atoms with Gasteiger partial charge in [-0.25, -0.2) is 0 Å². The number of halogens is 2. The maximum atomic E-state index is 10.5. The Labute approximate surface area is 187 Å². The molecule has 0 heterocycles. The zero-order valence-corrected chi connectivity index (χ0v) is 20.6. The summed E-state index contributed by atoms with van der Waals surface area (Å²) < 4.78 is 0. The SMILES string of the molecule is CCCCC(CC)C([NH-])=O.C[Si]C.[Cl-].[Cl-].[Zr+4].c1ccc2[cH-]ccc2c1. The van der Waals surface area contributed by atoms with Crippen LogP contribution in [0.2, 0.25) is 13.1 Å². The number of fused-ring (bicyclic) bond motifs is 1. The van der Waals surface area contributed by atoms with E-state index in [2.05, 4.69) is 62.5 Å². The second kappa shape index (κ2) is 22.0. The quantitative estimate of drug-likeness (QED) is 0.446. The van der Waals surface area contributed by atoms with Crippen molar-refractivity contribution in [3.8, 4) is 0 Å². The summed E-state index contributed by atoms with van der Waals surface area (Å²) in [5.74, 6) is -0.393. The van der Waals surface area contributed by atoms with Crippen LogP contribution in [-0.2, 0) is 31.0 Å². The van der Waals surface area contributed by atoms with E-state index < -0.39 is 5.91 Å². The zero-order chi connectivity index (χ0) is 16.8. The molecule has 0 fully saturated rings. The summed E-state index contributed by atoms with van der Waals surface area (Å²) in [5.41, 5.74) is 6.87. The number of hydrogen-bond donors (Lipinski definition) is 0. The van der Waals surface area contributed by atoms with E-state index in [-0.39, 0.29) is 56.9 Å². The number of carbonyl (C=O) groups is 1. The molecule has 1 amide bonds. The van der Waals surface area contributed by atoms with Crippen LogP contribution in [0.15, 0.2) is 42.5 Å². The van der Waals surface area contributed by atoms with Crippen LogP contribution in [0.5, 0.6) is 0 Å².